The number of benzene rings is 2. The van der Waals surface area contributed by atoms with Gasteiger partial charge in [-0.15, -0.1) is 0 Å². The Kier molecular flexibility index (Phi) is 4.62. The Labute approximate surface area is 131 Å². The Morgan fingerprint density at radius 1 is 1.00 bits per heavy atom. The van der Waals surface area contributed by atoms with E-state index in [4.69, 9.17) is 0 Å². The quantitative estimate of drug-likeness (QED) is 0.496. The zero-order chi connectivity index (χ0) is 13.3. The maximum Gasteiger partial charge on any atom is 0.128 e. The van der Waals surface area contributed by atoms with E-state index in [1.807, 2.05) is 37.3 Å². The first kappa shape index (κ1) is 14.2. The van der Waals surface area contributed by atoms with E-state index in [0.29, 0.717) is 5.56 Å². The van der Waals surface area contributed by atoms with Crippen LogP contribution in [0.2, 0.25) is 0 Å². The summed E-state index contributed by atoms with van der Waals surface area (Å²) in [6.45, 7) is 1.88. The predicted molar refractivity (Wildman–Crippen MR) is 83.7 cm³/mol. The minimum Gasteiger partial charge on any atom is -0.207 e. The third-order valence-corrected chi connectivity index (χ3v) is 4.86. The highest BCUT2D eigenvalue weighted by atomic mass is 79.9. The largest absolute Gasteiger partial charge is 0.207 e. The lowest BCUT2D eigenvalue weighted by atomic mass is 10.0. The van der Waals surface area contributed by atoms with Gasteiger partial charge in [-0.3, -0.25) is 0 Å². The fourth-order valence-electron chi connectivity index (χ4n) is 1.71. The Hall–Kier alpha value is -0.190. The lowest BCUT2D eigenvalue weighted by Crippen LogP contribution is -1.98. The van der Waals surface area contributed by atoms with Crippen molar-refractivity contribution < 1.29 is 4.39 Å². The van der Waals surface area contributed by atoms with E-state index in [-0.39, 0.29) is 10.6 Å². The van der Waals surface area contributed by atoms with Gasteiger partial charge in [0.05, 0.1) is 4.83 Å². The number of hydrogen-bond donors (Lipinski definition) is 0. The van der Waals surface area contributed by atoms with Crippen molar-refractivity contribution in [3.8, 4) is 0 Å². The summed E-state index contributed by atoms with van der Waals surface area (Å²) in [4.78, 5) is -0.176. The summed E-state index contributed by atoms with van der Waals surface area (Å²) in [6, 6.07) is 11.1. The molecule has 94 valence electrons. The summed E-state index contributed by atoms with van der Waals surface area (Å²) < 4.78 is 15.9. The lowest BCUT2D eigenvalue weighted by molar-refractivity contribution is 0.612. The molecule has 18 heavy (non-hydrogen) atoms. The van der Waals surface area contributed by atoms with E-state index in [1.54, 1.807) is 6.07 Å². The zero-order valence-corrected chi connectivity index (χ0v) is 14.3. The van der Waals surface area contributed by atoms with Crippen LogP contribution in [0, 0.1) is 12.7 Å². The van der Waals surface area contributed by atoms with Gasteiger partial charge in [0.25, 0.3) is 0 Å². The van der Waals surface area contributed by atoms with Crippen LogP contribution in [-0.2, 0) is 0 Å². The van der Waals surface area contributed by atoms with Crippen LogP contribution in [0.15, 0.2) is 45.3 Å². The second-order valence-corrected chi connectivity index (χ2v) is 6.74. The van der Waals surface area contributed by atoms with E-state index in [9.17, 15) is 4.39 Å². The van der Waals surface area contributed by atoms with Gasteiger partial charge in [0.1, 0.15) is 5.82 Å². The van der Waals surface area contributed by atoms with Crippen LogP contribution >= 0.6 is 47.8 Å². The SMILES string of the molecule is Cc1ccc(C(Br)c2cc(Br)ccc2Br)c(F)c1. The average Bonchev–Trinajstić information content (AvgIpc) is 2.31. The summed E-state index contributed by atoms with van der Waals surface area (Å²) >= 11 is 10.5. The molecule has 2 aromatic carbocycles. The van der Waals surface area contributed by atoms with E-state index < -0.39 is 0 Å². The second kappa shape index (κ2) is 5.85. The van der Waals surface area contributed by atoms with Crippen LogP contribution in [0.1, 0.15) is 21.5 Å². The fourth-order valence-corrected chi connectivity index (χ4v) is 3.63. The molecule has 0 spiro atoms. The zero-order valence-electron chi connectivity index (χ0n) is 9.55. The molecular formula is C14H10Br3F. The molecule has 2 rings (SSSR count). The van der Waals surface area contributed by atoms with Crippen molar-refractivity contribution in [3.05, 3.63) is 67.9 Å². The molecule has 0 nitrogen and oxygen atoms in total. The molecule has 0 heterocycles. The van der Waals surface area contributed by atoms with Gasteiger partial charge < -0.3 is 0 Å². The minimum absolute atomic E-state index is 0.176. The highest BCUT2D eigenvalue weighted by Gasteiger charge is 2.17. The minimum atomic E-state index is -0.191. The average molecular weight is 437 g/mol. The second-order valence-electron chi connectivity index (χ2n) is 4.05. The number of halogens is 4. The van der Waals surface area contributed by atoms with Crippen LogP contribution in [0.3, 0.4) is 0 Å². The first-order chi connectivity index (χ1) is 8.49. The molecule has 0 fully saturated rings. The maximum absolute atomic E-state index is 14.0. The van der Waals surface area contributed by atoms with Gasteiger partial charge in [-0.2, -0.15) is 0 Å². The third-order valence-electron chi connectivity index (χ3n) is 2.66. The molecule has 0 amide bonds. The van der Waals surface area contributed by atoms with Crippen molar-refractivity contribution >= 4 is 47.8 Å². The summed E-state index contributed by atoms with van der Waals surface area (Å²) in [5, 5.41) is 0. The molecular weight excluding hydrogens is 427 g/mol. The van der Waals surface area contributed by atoms with Crippen molar-refractivity contribution in [2.75, 3.05) is 0 Å². The monoisotopic (exact) mass is 434 g/mol. The van der Waals surface area contributed by atoms with Crippen LogP contribution in [0.25, 0.3) is 0 Å². The highest BCUT2D eigenvalue weighted by Crippen LogP contribution is 2.37. The molecule has 1 unspecified atom stereocenters. The normalized spacial score (nSPS) is 12.5. The van der Waals surface area contributed by atoms with E-state index in [2.05, 4.69) is 47.8 Å². The van der Waals surface area contributed by atoms with Gasteiger partial charge in [0.2, 0.25) is 0 Å². The summed E-state index contributed by atoms with van der Waals surface area (Å²) in [5.41, 5.74) is 2.55. The van der Waals surface area contributed by atoms with Crippen molar-refractivity contribution in [1.82, 2.24) is 0 Å². The predicted octanol–water partition coefficient (Wildman–Crippen LogP) is 6.14. The number of rotatable bonds is 2. The topological polar surface area (TPSA) is 0 Å². The fraction of sp³-hybridized carbons (Fsp3) is 0.143. The molecule has 1 atom stereocenters. The number of hydrogen-bond acceptors (Lipinski definition) is 0. The molecule has 4 heteroatoms. The molecule has 0 aliphatic carbocycles. The van der Waals surface area contributed by atoms with Gasteiger partial charge in [-0.25, -0.2) is 4.39 Å². The molecule has 0 aromatic heterocycles. The maximum atomic E-state index is 14.0. The molecule has 0 saturated carbocycles. The Balaban J connectivity index is 2.47. The molecule has 0 aliphatic heterocycles. The van der Waals surface area contributed by atoms with E-state index in [1.165, 1.54) is 0 Å². The Bertz CT molecular complexity index is 581. The summed E-state index contributed by atoms with van der Waals surface area (Å²) in [6.07, 6.45) is 0. The third kappa shape index (κ3) is 3.03. The van der Waals surface area contributed by atoms with Crippen LogP contribution in [-0.4, -0.2) is 0 Å². The van der Waals surface area contributed by atoms with Crippen LogP contribution < -0.4 is 0 Å². The first-order valence-corrected chi connectivity index (χ1v) is 7.84. The molecule has 0 bridgehead atoms. The van der Waals surface area contributed by atoms with Crippen molar-refractivity contribution in [1.29, 1.82) is 0 Å². The standard InChI is InChI=1S/C14H10Br3F/c1-8-2-4-10(13(18)6-8)14(17)11-7-9(15)3-5-12(11)16/h2-7,14H,1H3. The van der Waals surface area contributed by atoms with E-state index in [0.717, 1.165) is 20.1 Å². The molecule has 2 aromatic rings. The molecule has 0 N–H and O–H groups in total. The summed E-state index contributed by atoms with van der Waals surface area (Å²) in [5.74, 6) is -0.191. The van der Waals surface area contributed by atoms with Gasteiger partial charge in [0, 0.05) is 14.5 Å². The first-order valence-electron chi connectivity index (χ1n) is 5.34. The highest BCUT2D eigenvalue weighted by molar-refractivity contribution is 9.11. The van der Waals surface area contributed by atoms with Crippen molar-refractivity contribution in [2.24, 2.45) is 0 Å². The summed E-state index contributed by atoms with van der Waals surface area (Å²) in [7, 11) is 0. The van der Waals surface area contributed by atoms with Gasteiger partial charge in [-0.05, 0) is 42.3 Å². The molecule has 0 radical (unpaired) electrons. The van der Waals surface area contributed by atoms with Gasteiger partial charge in [0.15, 0.2) is 0 Å². The molecule has 0 saturated heterocycles. The number of alkyl halides is 1. The van der Waals surface area contributed by atoms with Gasteiger partial charge in [-0.1, -0.05) is 59.9 Å². The lowest BCUT2D eigenvalue weighted by Gasteiger charge is -2.14. The van der Waals surface area contributed by atoms with Crippen molar-refractivity contribution in [2.45, 2.75) is 11.8 Å². The Morgan fingerprint density at radius 2 is 1.72 bits per heavy atom. The van der Waals surface area contributed by atoms with Crippen molar-refractivity contribution in [3.63, 3.8) is 0 Å². The number of aryl methyl sites for hydroxylation is 1. The van der Waals surface area contributed by atoms with E-state index >= 15 is 0 Å². The smallest absolute Gasteiger partial charge is 0.128 e. The Morgan fingerprint density at radius 3 is 2.39 bits per heavy atom. The van der Waals surface area contributed by atoms with Crippen LogP contribution in [0.5, 0.6) is 0 Å². The van der Waals surface area contributed by atoms with Gasteiger partial charge >= 0.3 is 0 Å². The van der Waals surface area contributed by atoms with Crippen LogP contribution in [0.4, 0.5) is 4.39 Å². The molecule has 0 aliphatic rings.